The molecule has 0 aliphatic carbocycles. The molecule has 3 aromatic rings. The summed E-state index contributed by atoms with van der Waals surface area (Å²) in [5.41, 5.74) is 6.39. The highest BCUT2D eigenvalue weighted by Crippen LogP contribution is 2.36. The summed E-state index contributed by atoms with van der Waals surface area (Å²) >= 11 is 1.69. The molecular weight excluding hydrogens is 250 g/mol. The second kappa shape index (κ2) is 4.98. The summed E-state index contributed by atoms with van der Waals surface area (Å²) in [5.74, 6) is 0. The molecule has 0 bridgehead atoms. The zero-order valence-electron chi connectivity index (χ0n) is 11.1. The van der Waals surface area contributed by atoms with E-state index >= 15 is 0 Å². The predicted molar refractivity (Wildman–Crippen MR) is 82.5 cm³/mol. The lowest BCUT2D eigenvalue weighted by Gasteiger charge is -2.12. The number of benzene rings is 2. The van der Waals surface area contributed by atoms with Crippen LogP contribution in [0.25, 0.3) is 21.7 Å². The van der Waals surface area contributed by atoms with Crippen molar-refractivity contribution in [1.82, 2.24) is 4.98 Å². The van der Waals surface area contributed by atoms with E-state index in [0.717, 1.165) is 5.01 Å². The molecule has 19 heavy (non-hydrogen) atoms. The van der Waals surface area contributed by atoms with Crippen LogP contribution in [-0.2, 0) is 0 Å². The largest absolute Gasteiger partial charge is 0.245 e. The normalized spacial score (nSPS) is 10.6. The molecule has 0 aliphatic heterocycles. The fourth-order valence-corrected chi connectivity index (χ4v) is 3.16. The summed E-state index contributed by atoms with van der Waals surface area (Å²) in [6.07, 6.45) is 1.87. The average molecular weight is 265 g/mol. The van der Waals surface area contributed by atoms with Crippen LogP contribution in [0.2, 0.25) is 0 Å². The van der Waals surface area contributed by atoms with E-state index in [-0.39, 0.29) is 0 Å². The van der Waals surface area contributed by atoms with Crippen LogP contribution in [0.5, 0.6) is 0 Å². The fourth-order valence-electron chi connectivity index (χ4n) is 2.40. The molecule has 0 saturated carbocycles. The zero-order chi connectivity index (χ0) is 13.2. The second-order valence-electron chi connectivity index (χ2n) is 4.65. The van der Waals surface area contributed by atoms with Gasteiger partial charge in [0.05, 0.1) is 0 Å². The summed E-state index contributed by atoms with van der Waals surface area (Å²) in [4.78, 5) is 4.48. The molecule has 1 heterocycles. The van der Waals surface area contributed by atoms with Gasteiger partial charge in [-0.1, -0.05) is 42.5 Å². The van der Waals surface area contributed by atoms with Crippen LogP contribution in [0.15, 0.2) is 54.0 Å². The third kappa shape index (κ3) is 2.20. The van der Waals surface area contributed by atoms with E-state index < -0.39 is 0 Å². The number of thiazole rings is 1. The number of hydrogen-bond donors (Lipinski definition) is 0. The molecule has 0 N–H and O–H groups in total. The molecule has 0 unspecified atom stereocenters. The van der Waals surface area contributed by atoms with E-state index in [1.807, 2.05) is 11.6 Å². The quantitative estimate of drug-likeness (QED) is 0.628. The predicted octanol–water partition coefficient (Wildman–Crippen LogP) is 5.09. The summed E-state index contributed by atoms with van der Waals surface area (Å²) in [6.45, 7) is 4.31. The Balaban J connectivity index is 2.29. The Kier molecular flexibility index (Phi) is 3.18. The standard InChI is InChI=1S/C17H15NS/c1-12-6-3-4-8-14(12)15-9-5-7-13(2)16(15)17-18-10-11-19-17/h3-11H,1-2H3. The van der Waals surface area contributed by atoms with Crippen LogP contribution in [0, 0.1) is 13.8 Å². The molecule has 1 nitrogen and oxygen atoms in total. The van der Waals surface area contributed by atoms with Crippen LogP contribution in [0.3, 0.4) is 0 Å². The first kappa shape index (κ1) is 12.1. The van der Waals surface area contributed by atoms with Crippen molar-refractivity contribution in [3.05, 3.63) is 65.2 Å². The maximum Gasteiger partial charge on any atom is 0.124 e. The van der Waals surface area contributed by atoms with E-state index in [2.05, 4.69) is 61.3 Å². The third-order valence-corrected chi connectivity index (χ3v) is 4.14. The minimum Gasteiger partial charge on any atom is -0.245 e. The summed E-state index contributed by atoms with van der Waals surface area (Å²) in [7, 11) is 0. The summed E-state index contributed by atoms with van der Waals surface area (Å²) in [5, 5.41) is 3.12. The van der Waals surface area contributed by atoms with Gasteiger partial charge in [0.2, 0.25) is 0 Å². The third-order valence-electron chi connectivity index (χ3n) is 3.35. The Morgan fingerprint density at radius 1 is 0.842 bits per heavy atom. The van der Waals surface area contributed by atoms with Crippen molar-refractivity contribution < 1.29 is 0 Å². The van der Waals surface area contributed by atoms with E-state index in [1.54, 1.807) is 11.3 Å². The van der Waals surface area contributed by atoms with Crippen LogP contribution in [0.1, 0.15) is 11.1 Å². The zero-order valence-corrected chi connectivity index (χ0v) is 11.9. The van der Waals surface area contributed by atoms with Gasteiger partial charge in [-0.25, -0.2) is 4.98 Å². The van der Waals surface area contributed by atoms with Crippen molar-refractivity contribution in [2.45, 2.75) is 13.8 Å². The van der Waals surface area contributed by atoms with E-state index in [0.29, 0.717) is 0 Å². The minimum atomic E-state index is 1.09. The molecule has 0 spiro atoms. The molecule has 0 atom stereocenters. The monoisotopic (exact) mass is 265 g/mol. The van der Waals surface area contributed by atoms with Gasteiger partial charge in [-0.3, -0.25) is 0 Å². The van der Waals surface area contributed by atoms with Gasteiger partial charge in [0.1, 0.15) is 5.01 Å². The fraction of sp³-hybridized carbons (Fsp3) is 0.118. The summed E-state index contributed by atoms with van der Waals surface area (Å²) in [6, 6.07) is 15.0. The first-order valence-electron chi connectivity index (χ1n) is 6.33. The van der Waals surface area contributed by atoms with E-state index in [9.17, 15) is 0 Å². The molecule has 1 aromatic heterocycles. The topological polar surface area (TPSA) is 12.9 Å². The SMILES string of the molecule is Cc1ccccc1-c1cccc(C)c1-c1nccs1. The molecule has 94 valence electrons. The van der Waals surface area contributed by atoms with Gasteiger partial charge in [0.25, 0.3) is 0 Å². The highest BCUT2D eigenvalue weighted by molar-refractivity contribution is 7.13. The Bertz CT molecular complexity index is 699. The number of nitrogens with zero attached hydrogens (tertiary/aromatic N) is 1. The van der Waals surface area contributed by atoms with Crippen molar-refractivity contribution in [3.63, 3.8) is 0 Å². The average Bonchev–Trinajstić information content (AvgIpc) is 2.92. The van der Waals surface area contributed by atoms with Crippen molar-refractivity contribution in [2.24, 2.45) is 0 Å². The minimum absolute atomic E-state index is 1.09. The lowest BCUT2D eigenvalue weighted by Crippen LogP contribution is -1.90. The Labute approximate surface area is 117 Å². The summed E-state index contributed by atoms with van der Waals surface area (Å²) < 4.78 is 0. The van der Waals surface area contributed by atoms with Crippen molar-refractivity contribution in [3.8, 4) is 21.7 Å². The number of aromatic nitrogens is 1. The van der Waals surface area contributed by atoms with Crippen LogP contribution >= 0.6 is 11.3 Å². The maximum atomic E-state index is 4.48. The molecule has 2 aromatic carbocycles. The van der Waals surface area contributed by atoms with Crippen molar-refractivity contribution in [1.29, 1.82) is 0 Å². The Morgan fingerprint density at radius 2 is 1.58 bits per heavy atom. The number of rotatable bonds is 2. The first-order valence-corrected chi connectivity index (χ1v) is 7.21. The molecule has 0 aliphatic rings. The Morgan fingerprint density at radius 3 is 2.32 bits per heavy atom. The van der Waals surface area contributed by atoms with Gasteiger partial charge in [0, 0.05) is 17.1 Å². The molecule has 3 rings (SSSR count). The van der Waals surface area contributed by atoms with Gasteiger partial charge in [-0.05, 0) is 36.1 Å². The molecule has 0 saturated heterocycles. The van der Waals surface area contributed by atoms with Crippen LogP contribution in [-0.4, -0.2) is 4.98 Å². The molecular formula is C17H15NS. The molecule has 2 heteroatoms. The Hall–Kier alpha value is -1.93. The van der Waals surface area contributed by atoms with E-state index in [4.69, 9.17) is 0 Å². The smallest absolute Gasteiger partial charge is 0.124 e. The van der Waals surface area contributed by atoms with Crippen LogP contribution in [0.4, 0.5) is 0 Å². The molecule has 0 fully saturated rings. The van der Waals surface area contributed by atoms with Gasteiger partial charge in [-0.15, -0.1) is 11.3 Å². The van der Waals surface area contributed by atoms with Crippen molar-refractivity contribution >= 4 is 11.3 Å². The number of hydrogen-bond acceptors (Lipinski definition) is 2. The van der Waals surface area contributed by atoms with Gasteiger partial charge >= 0.3 is 0 Å². The lowest BCUT2D eigenvalue weighted by atomic mass is 9.93. The molecule has 0 radical (unpaired) electrons. The maximum absolute atomic E-state index is 4.48. The molecule has 0 amide bonds. The van der Waals surface area contributed by atoms with Gasteiger partial charge < -0.3 is 0 Å². The highest BCUT2D eigenvalue weighted by Gasteiger charge is 2.13. The lowest BCUT2D eigenvalue weighted by molar-refractivity contribution is 1.37. The highest BCUT2D eigenvalue weighted by atomic mass is 32.1. The van der Waals surface area contributed by atoms with Crippen molar-refractivity contribution in [2.75, 3.05) is 0 Å². The van der Waals surface area contributed by atoms with Gasteiger partial charge in [0.15, 0.2) is 0 Å². The first-order chi connectivity index (χ1) is 9.27. The second-order valence-corrected chi connectivity index (χ2v) is 5.54. The van der Waals surface area contributed by atoms with Crippen LogP contribution < -0.4 is 0 Å². The van der Waals surface area contributed by atoms with Gasteiger partial charge in [-0.2, -0.15) is 0 Å². The van der Waals surface area contributed by atoms with E-state index in [1.165, 1.54) is 27.8 Å². The number of aryl methyl sites for hydroxylation is 2.